The lowest BCUT2D eigenvalue weighted by molar-refractivity contribution is 0.462. The van der Waals surface area contributed by atoms with Crippen molar-refractivity contribution in [3.8, 4) is 11.6 Å². The lowest BCUT2D eigenvalue weighted by Crippen LogP contribution is -1.89. The number of fused-ring (bicyclic) bond motifs is 1. The van der Waals surface area contributed by atoms with Gasteiger partial charge >= 0.3 is 0 Å². The van der Waals surface area contributed by atoms with Crippen molar-refractivity contribution in [1.82, 2.24) is 4.98 Å². The Kier molecular flexibility index (Phi) is 3.22. The summed E-state index contributed by atoms with van der Waals surface area (Å²) in [6, 6.07) is 17.9. The van der Waals surface area contributed by atoms with Crippen molar-refractivity contribution in [2.24, 2.45) is 0 Å². The van der Waals surface area contributed by atoms with Crippen LogP contribution in [0.25, 0.3) is 10.9 Å². The highest BCUT2D eigenvalue weighted by Crippen LogP contribution is 2.30. The van der Waals surface area contributed by atoms with Crippen LogP contribution in [0.15, 0.2) is 59.1 Å². The zero-order valence-corrected chi connectivity index (χ0v) is 12.0. The Morgan fingerprint density at radius 3 is 2.68 bits per heavy atom. The molecule has 0 aliphatic carbocycles. The van der Waals surface area contributed by atoms with Crippen LogP contribution in [-0.2, 0) is 0 Å². The smallest absolute Gasteiger partial charge is 0.219 e. The van der Waals surface area contributed by atoms with Crippen LogP contribution in [0.3, 0.4) is 0 Å². The number of rotatable bonds is 2. The molecule has 3 rings (SSSR count). The first-order chi connectivity index (χ1) is 9.22. The second-order valence-corrected chi connectivity index (χ2v) is 5.23. The Balaban J connectivity index is 1.96. The van der Waals surface area contributed by atoms with Crippen molar-refractivity contribution in [3.05, 3.63) is 64.6 Å². The van der Waals surface area contributed by atoms with Gasteiger partial charge in [-0.05, 0) is 52.7 Å². The normalized spacial score (nSPS) is 10.6. The molecule has 0 atom stereocenters. The molecule has 2 aromatic carbocycles. The van der Waals surface area contributed by atoms with E-state index in [1.807, 2.05) is 61.5 Å². The SMILES string of the molecule is Cc1ccc(Oc2ccc3ccccc3n2)c(Br)c1. The third-order valence-corrected chi connectivity index (χ3v) is 3.49. The highest BCUT2D eigenvalue weighted by molar-refractivity contribution is 9.10. The number of nitrogens with zero attached hydrogens (tertiary/aromatic N) is 1. The number of benzene rings is 2. The molecule has 0 aliphatic heterocycles. The first-order valence-electron chi connectivity index (χ1n) is 6.02. The maximum atomic E-state index is 5.81. The molecular weight excluding hydrogens is 302 g/mol. The fraction of sp³-hybridized carbons (Fsp3) is 0.0625. The first-order valence-corrected chi connectivity index (χ1v) is 6.81. The Morgan fingerprint density at radius 2 is 1.84 bits per heavy atom. The molecule has 1 aromatic heterocycles. The second-order valence-electron chi connectivity index (χ2n) is 4.38. The predicted molar refractivity (Wildman–Crippen MR) is 80.7 cm³/mol. The van der Waals surface area contributed by atoms with Crippen LogP contribution in [0.2, 0.25) is 0 Å². The second kappa shape index (κ2) is 5.02. The lowest BCUT2D eigenvalue weighted by Gasteiger charge is -2.08. The van der Waals surface area contributed by atoms with E-state index in [0.29, 0.717) is 5.88 Å². The van der Waals surface area contributed by atoms with Crippen molar-refractivity contribution < 1.29 is 4.74 Å². The summed E-state index contributed by atoms with van der Waals surface area (Å²) in [6.45, 7) is 2.04. The van der Waals surface area contributed by atoms with Crippen molar-refractivity contribution in [2.75, 3.05) is 0 Å². The molecular formula is C16H12BrNO. The Labute approximate surface area is 120 Å². The number of ether oxygens (including phenoxy) is 1. The van der Waals surface area contributed by atoms with Crippen molar-refractivity contribution in [2.45, 2.75) is 6.92 Å². The molecule has 0 amide bonds. The zero-order valence-electron chi connectivity index (χ0n) is 10.4. The maximum absolute atomic E-state index is 5.81. The minimum atomic E-state index is 0.600. The van der Waals surface area contributed by atoms with E-state index >= 15 is 0 Å². The van der Waals surface area contributed by atoms with Gasteiger partial charge in [-0.3, -0.25) is 0 Å². The molecule has 1 heterocycles. The van der Waals surface area contributed by atoms with E-state index < -0.39 is 0 Å². The van der Waals surface area contributed by atoms with Gasteiger partial charge < -0.3 is 4.74 Å². The van der Waals surface area contributed by atoms with Crippen LogP contribution >= 0.6 is 15.9 Å². The molecule has 2 nitrogen and oxygen atoms in total. The van der Waals surface area contributed by atoms with E-state index in [4.69, 9.17) is 4.74 Å². The number of halogens is 1. The van der Waals surface area contributed by atoms with Gasteiger partial charge in [-0.15, -0.1) is 0 Å². The molecule has 0 saturated carbocycles. The van der Waals surface area contributed by atoms with E-state index in [-0.39, 0.29) is 0 Å². The molecule has 0 unspecified atom stereocenters. The number of aryl methyl sites for hydroxylation is 1. The third-order valence-electron chi connectivity index (χ3n) is 2.87. The zero-order chi connectivity index (χ0) is 13.2. The van der Waals surface area contributed by atoms with E-state index in [2.05, 4.69) is 20.9 Å². The predicted octanol–water partition coefficient (Wildman–Crippen LogP) is 5.10. The largest absolute Gasteiger partial charge is 0.438 e. The fourth-order valence-electron chi connectivity index (χ4n) is 1.91. The molecule has 0 spiro atoms. The quantitative estimate of drug-likeness (QED) is 0.656. The van der Waals surface area contributed by atoms with Gasteiger partial charge in [0.2, 0.25) is 5.88 Å². The average Bonchev–Trinajstić information content (AvgIpc) is 2.42. The van der Waals surface area contributed by atoms with E-state index in [9.17, 15) is 0 Å². The Bertz CT molecular complexity index is 740. The van der Waals surface area contributed by atoms with Gasteiger partial charge in [0, 0.05) is 11.5 Å². The molecule has 3 aromatic rings. The van der Waals surface area contributed by atoms with E-state index in [1.54, 1.807) is 0 Å². The van der Waals surface area contributed by atoms with Gasteiger partial charge in [-0.25, -0.2) is 4.98 Å². The van der Waals surface area contributed by atoms with Gasteiger partial charge in [0.15, 0.2) is 0 Å². The summed E-state index contributed by atoms with van der Waals surface area (Å²) in [5, 5.41) is 1.11. The Morgan fingerprint density at radius 1 is 1.00 bits per heavy atom. The van der Waals surface area contributed by atoms with Crippen LogP contribution in [0.4, 0.5) is 0 Å². The summed E-state index contributed by atoms with van der Waals surface area (Å²) in [5.41, 5.74) is 2.12. The molecule has 0 fully saturated rings. The minimum absolute atomic E-state index is 0.600. The first kappa shape index (κ1) is 12.2. The standard InChI is InChI=1S/C16H12BrNO/c1-11-6-8-15(13(17)10-11)19-16-9-7-12-4-2-3-5-14(12)18-16/h2-10H,1H3. The summed E-state index contributed by atoms with van der Waals surface area (Å²) in [7, 11) is 0. The molecule has 19 heavy (non-hydrogen) atoms. The molecule has 3 heteroatoms. The minimum Gasteiger partial charge on any atom is -0.438 e. The highest BCUT2D eigenvalue weighted by atomic mass is 79.9. The summed E-state index contributed by atoms with van der Waals surface area (Å²) < 4.78 is 6.75. The van der Waals surface area contributed by atoms with Crippen molar-refractivity contribution in [1.29, 1.82) is 0 Å². The van der Waals surface area contributed by atoms with Gasteiger partial charge in [-0.1, -0.05) is 24.3 Å². The molecule has 0 N–H and O–H groups in total. The number of hydrogen-bond donors (Lipinski definition) is 0. The van der Waals surface area contributed by atoms with Crippen LogP contribution in [0.5, 0.6) is 11.6 Å². The molecule has 94 valence electrons. The van der Waals surface area contributed by atoms with Crippen LogP contribution < -0.4 is 4.74 Å². The van der Waals surface area contributed by atoms with Gasteiger partial charge in [0.25, 0.3) is 0 Å². The fourth-order valence-corrected chi connectivity index (χ4v) is 2.48. The molecule has 0 bridgehead atoms. The van der Waals surface area contributed by atoms with Gasteiger partial charge in [0.1, 0.15) is 5.75 Å². The van der Waals surface area contributed by atoms with E-state index in [1.165, 1.54) is 5.56 Å². The lowest BCUT2D eigenvalue weighted by atomic mass is 10.2. The van der Waals surface area contributed by atoms with E-state index in [0.717, 1.165) is 21.1 Å². The maximum Gasteiger partial charge on any atom is 0.219 e. The number of hydrogen-bond acceptors (Lipinski definition) is 2. The van der Waals surface area contributed by atoms with Gasteiger partial charge in [-0.2, -0.15) is 0 Å². The number of pyridine rings is 1. The van der Waals surface area contributed by atoms with Gasteiger partial charge in [0.05, 0.1) is 9.99 Å². The van der Waals surface area contributed by atoms with Crippen LogP contribution in [0, 0.1) is 6.92 Å². The number of para-hydroxylation sites is 1. The molecule has 0 radical (unpaired) electrons. The number of aromatic nitrogens is 1. The summed E-state index contributed by atoms with van der Waals surface area (Å²) in [5.74, 6) is 1.37. The van der Waals surface area contributed by atoms with Crippen LogP contribution in [-0.4, -0.2) is 4.98 Å². The summed E-state index contributed by atoms with van der Waals surface area (Å²) in [4.78, 5) is 4.49. The van der Waals surface area contributed by atoms with Crippen molar-refractivity contribution >= 4 is 26.8 Å². The van der Waals surface area contributed by atoms with Crippen molar-refractivity contribution in [3.63, 3.8) is 0 Å². The van der Waals surface area contributed by atoms with Crippen LogP contribution in [0.1, 0.15) is 5.56 Å². The topological polar surface area (TPSA) is 22.1 Å². The monoisotopic (exact) mass is 313 g/mol. The summed E-state index contributed by atoms with van der Waals surface area (Å²) >= 11 is 3.50. The molecule has 0 aliphatic rings. The summed E-state index contributed by atoms with van der Waals surface area (Å²) in [6.07, 6.45) is 0. The Hall–Kier alpha value is -1.87. The highest BCUT2D eigenvalue weighted by Gasteiger charge is 2.04. The average molecular weight is 314 g/mol. The third kappa shape index (κ3) is 2.61. The molecule has 0 saturated heterocycles.